The summed E-state index contributed by atoms with van der Waals surface area (Å²) in [4.78, 5) is 15.6. The Labute approximate surface area is 435 Å². The van der Waals surface area contributed by atoms with Gasteiger partial charge in [0.1, 0.15) is 103 Å². The van der Waals surface area contributed by atoms with E-state index in [-0.39, 0.29) is 38.4 Å². The lowest BCUT2D eigenvalue weighted by Crippen LogP contribution is -2.63. The highest BCUT2D eigenvalue weighted by molar-refractivity contribution is 6.00. The molecule has 1 aromatic heterocycles. The number of aliphatic hydroxyl groups is 14. The summed E-state index contributed by atoms with van der Waals surface area (Å²) in [6, 6.07) is 14.8. The Morgan fingerprint density at radius 2 is 1.04 bits per heavy atom. The van der Waals surface area contributed by atoms with Crippen LogP contribution in [0.4, 0.5) is 5.69 Å². The summed E-state index contributed by atoms with van der Waals surface area (Å²) in [5.41, 5.74) is 3.44. The van der Waals surface area contributed by atoms with Crippen LogP contribution in [0.15, 0.2) is 48.5 Å². The van der Waals surface area contributed by atoms with Crippen molar-refractivity contribution < 1.29 is 114 Å². The molecule has 0 radical (unpaired) electrons. The van der Waals surface area contributed by atoms with Crippen molar-refractivity contribution in [3.05, 3.63) is 54.1 Å². The van der Waals surface area contributed by atoms with Crippen LogP contribution in [-0.4, -0.2) is 254 Å². The molecular weight excluding hydrogens is 1010 g/mol. The molecule has 27 heteroatoms. The Hall–Kier alpha value is -3.83. The van der Waals surface area contributed by atoms with Gasteiger partial charge in [-0.1, -0.05) is 68.4 Å². The van der Waals surface area contributed by atoms with Crippen LogP contribution in [0.3, 0.4) is 0 Å². The van der Waals surface area contributed by atoms with Crippen LogP contribution in [0, 0.1) is 5.41 Å². The minimum atomic E-state index is -1.94. The molecule has 5 aliphatic heterocycles. The molecule has 4 saturated heterocycles. The predicted octanol–water partition coefficient (Wildman–Crippen LogP) is -5.06. The van der Waals surface area contributed by atoms with E-state index in [2.05, 4.69) is 10.3 Å². The molecule has 3 aromatic rings. The number of anilines is 1. The first-order chi connectivity index (χ1) is 36.1. The number of aromatic nitrogens is 3. The number of fused-ring (bicyclic) bond motifs is 5. The van der Waals surface area contributed by atoms with E-state index in [1.165, 1.54) is 0 Å². The Morgan fingerprint density at radius 3 is 1.53 bits per heavy atom. The van der Waals surface area contributed by atoms with Crippen molar-refractivity contribution in [3.63, 3.8) is 0 Å². The Morgan fingerprint density at radius 1 is 0.605 bits per heavy atom. The molecule has 21 atom stereocenters. The molecule has 0 aliphatic carbocycles. The average molecular weight is 1080 g/mol. The predicted molar refractivity (Wildman–Crippen MR) is 254 cm³/mol. The van der Waals surface area contributed by atoms with Crippen molar-refractivity contribution in [2.75, 3.05) is 37.9 Å². The van der Waals surface area contributed by atoms with Crippen LogP contribution in [0.25, 0.3) is 22.5 Å². The van der Waals surface area contributed by atoms with E-state index in [4.69, 9.17) is 37.9 Å². The topological polar surface area (TPSA) is 408 Å². The first kappa shape index (κ1) is 58.3. The molecule has 1 amide bonds. The third kappa shape index (κ3) is 12.3. The molecule has 0 bridgehead atoms. The number of rotatable bonds is 17. The zero-order valence-corrected chi connectivity index (χ0v) is 41.8. The van der Waals surface area contributed by atoms with E-state index < -0.39 is 161 Å². The molecular formula is C49H70N4O23. The van der Waals surface area contributed by atoms with E-state index in [1.807, 2.05) is 69.3 Å². The van der Waals surface area contributed by atoms with Crippen molar-refractivity contribution in [2.45, 2.75) is 176 Å². The minimum absolute atomic E-state index is 0.0311. The third-order valence-electron chi connectivity index (χ3n) is 14.4. The van der Waals surface area contributed by atoms with Crippen LogP contribution in [0.1, 0.15) is 39.2 Å². The van der Waals surface area contributed by atoms with Crippen molar-refractivity contribution in [2.24, 2.45) is 5.41 Å². The summed E-state index contributed by atoms with van der Waals surface area (Å²) in [6.45, 7) is 3.01. The maximum absolute atomic E-state index is 13.9. The zero-order chi connectivity index (χ0) is 54.9. The van der Waals surface area contributed by atoms with Crippen molar-refractivity contribution in [1.29, 1.82) is 0 Å². The van der Waals surface area contributed by atoms with E-state index >= 15 is 0 Å². The fourth-order valence-corrected chi connectivity index (χ4v) is 9.63. The largest absolute Gasteiger partial charge is 0.394 e. The molecule has 27 nitrogen and oxygen atoms in total. The highest BCUT2D eigenvalue weighted by Crippen LogP contribution is 2.42. The normalized spacial score (nSPS) is 37.4. The van der Waals surface area contributed by atoms with Crippen molar-refractivity contribution in [1.82, 2.24) is 15.0 Å². The molecule has 5 aliphatic rings. The first-order valence-electron chi connectivity index (χ1n) is 25.1. The molecule has 424 valence electrons. The van der Waals surface area contributed by atoms with Gasteiger partial charge in [0.15, 0.2) is 25.2 Å². The average Bonchev–Trinajstić information content (AvgIpc) is 3.82. The number of carbonyl (C=O) groups is 1. The maximum atomic E-state index is 13.9. The van der Waals surface area contributed by atoms with Gasteiger partial charge >= 0.3 is 0 Å². The molecule has 6 heterocycles. The van der Waals surface area contributed by atoms with Crippen LogP contribution >= 0.6 is 0 Å². The SMILES string of the molecule is CC(C)(C)C(O)CCC(=O)N1Cc2ccccc2-c2c(nnn2CCO[C@@H]2O[C@H](CO[C@@H]3O[C@H](CO[C@@H]4O[C@H](CO[C@@H]5O[C@H](CO)[C@@H](O)[C@H](O)[C@H]5O)[C@@H](O)[C@H](O)[C@H]4O)[C@@H](O)[C@H](O)[C@H]3O)[C@@H](O)[C@H](O)[C@H]2O)-c2ccccc21. The number of para-hydroxylation sites is 1. The molecule has 4 fully saturated rings. The highest BCUT2D eigenvalue weighted by atomic mass is 16.8. The summed E-state index contributed by atoms with van der Waals surface area (Å²) in [7, 11) is 0. The lowest BCUT2D eigenvalue weighted by atomic mass is 9.86. The van der Waals surface area contributed by atoms with Crippen LogP contribution in [0.2, 0.25) is 0 Å². The summed E-state index contributed by atoms with van der Waals surface area (Å²) in [5.74, 6) is -0.179. The molecule has 2 aromatic carbocycles. The van der Waals surface area contributed by atoms with Gasteiger partial charge in [-0.15, -0.1) is 5.10 Å². The van der Waals surface area contributed by atoms with E-state index in [1.54, 1.807) is 9.58 Å². The lowest BCUT2D eigenvalue weighted by molar-refractivity contribution is -0.347. The number of aliphatic hydroxyl groups excluding tert-OH is 14. The van der Waals surface area contributed by atoms with Gasteiger partial charge in [0.25, 0.3) is 0 Å². The molecule has 0 saturated carbocycles. The Balaban J connectivity index is 0.882. The van der Waals surface area contributed by atoms with Gasteiger partial charge in [0.05, 0.1) is 63.6 Å². The van der Waals surface area contributed by atoms with Gasteiger partial charge in [-0.3, -0.25) is 4.79 Å². The number of carbonyl (C=O) groups excluding carboxylic acids is 1. The number of amides is 1. The minimum Gasteiger partial charge on any atom is -0.394 e. The van der Waals surface area contributed by atoms with E-state index in [9.17, 15) is 76.3 Å². The highest BCUT2D eigenvalue weighted by Gasteiger charge is 2.51. The fraction of sp³-hybridized carbons (Fsp3) is 0.694. The molecule has 0 spiro atoms. The number of hydrogen-bond acceptors (Lipinski definition) is 25. The second kappa shape index (κ2) is 24.7. The van der Waals surface area contributed by atoms with Gasteiger partial charge < -0.3 is 114 Å². The molecule has 1 unspecified atom stereocenters. The Kier molecular flexibility index (Phi) is 18.9. The number of hydrogen-bond donors (Lipinski definition) is 14. The smallest absolute Gasteiger partial charge is 0.227 e. The van der Waals surface area contributed by atoms with Gasteiger partial charge in [-0.05, 0) is 23.5 Å². The van der Waals surface area contributed by atoms with E-state index in [0.29, 0.717) is 22.6 Å². The fourth-order valence-electron chi connectivity index (χ4n) is 9.63. The third-order valence-corrected chi connectivity index (χ3v) is 14.4. The first-order valence-corrected chi connectivity index (χ1v) is 25.1. The number of ether oxygens (including phenoxy) is 8. The zero-order valence-electron chi connectivity index (χ0n) is 41.8. The quantitative estimate of drug-likeness (QED) is 0.0601. The molecule has 14 N–H and O–H groups in total. The summed E-state index contributed by atoms with van der Waals surface area (Å²) < 4.78 is 46.7. The summed E-state index contributed by atoms with van der Waals surface area (Å²) in [6.07, 6.45) is -34.8. The standard InChI is InChI=1S/C49H70N4O23/c1-49(2,3)29(55)12-13-30(56)52-16-21-8-4-5-9-22(21)32-31(23-10-6-7-11-24(23)52)50-51-53(32)14-15-69-45-41(65)38(62)34(58)26(74-45)18-71-47-43(67)40(64)36(60)28(76-47)20-72-48-44(68)39(63)35(59)27(75-48)19-70-46-42(66)37(61)33(57)25(17-54)73-46/h4-11,25-29,33-48,54-55,57-68H,12-20H2,1-3H3/t25-,26-,27-,28-,29?,33-,34-,35-,36-,37+,38+,39+,40+,41-,42-,43-,44-,45-,46-,47-,48-/m1/s1. The monoisotopic (exact) mass is 1080 g/mol. The van der Waals surface area contributed by atoms with Crippen molar-refractivity contribution >= 4 is 11.6 Å². The van der Waals surface area contributed by atoms with Gasteiger partial charge in [-0.2, -0.15) is 0 Å². The van der Waals surface area contributed by atoms with E-state index in [0.717, 1.165) is 11.1 Å². The van der Waals surface area contributed by atoms with Gasteiger partial charge in [0.2, 0.25) is 5.91 Å². The summed E-state index contributed by atoms with van der Waals surface area (Å²) >= 11 is 0. The van der Waals surface area contributed by atoms with Crippen LogP contribution in [-0.2, 0) is 55.8 Å². The van der Waals surface area contributed by atoms with Gasteiger partial charge in [0, 0.05) is 17.5 Å². The summed E-state index contributed by atoms with van der Waals surface area (Å²) in [5, 5.41) is 157. The second-order valence-electron chi connectivity index (χ2n) is 20.7. The second-order valence-corrected chi connectivity index (χ2v) is 20.7. The number of nitrogens with zero attached hydrogens (tertiary/aromatic N) is 4. The number of benzene rings is 2. The molecule has 76 heavy (non-hydrogen) atoms. The van der Waals surface area contributed by atoms with Crippen molar-refractivity contribution in [3.8, 4) is 22.5 Å². The van der Waals surface area contributed by atoms with Gasteiger partial charge in [-0.25, -0.2) is 4.68 Å². The maximum Gasteiger partial charge on any atom is 0.227 e. The Bertz CT molecular complexity index is 2380. The van der Waals surface area contributed by atoms with Crippen LogP contribution < -0.4 is 4.90 Å². The lowest BCUT2D eigenvalue weighted by Gasteiger charge is -2.44. The van der Waals surface area contributed by atoms with Crippen LogP contribution in [0.5, 0.6) is 0 Å². The molecule has 8 rings (SSSR count).